The van der Waals surface area contributed by atoms with E-state index in [0.717, 1.165) is 0 Å². The van der Waals surface area contributed by atoms with Gasteiger partial charge in [-0.3, -0.25) is 0 Å². The summed E-state index contributed by atoms with van der Waals surface area (Å²) in [6, 6.07) is 1.21. The second kappa shape index (κ2) is 4.11. The average molecular weight is 254 g/mol. The fraction of sp³-hybridized carbons (Fsp3) is 0.250. The van der Waals surface area contributed by atoms with Crippen LogP contribution in [0.15, 0.2) is 10.5 Å². The van der Waals surface area contributed by atoms with E-state index in [1.807, 2.05) is 0 Å². The summed E-state index contributed by atoms with van der Waals surface area (Å²) in [5, 5.41) is 2.65. The summed E-state index contributed by atoms with van der Waals surface area (Å²) in [5.74, 6) is -3.79. The van der Waals surface area contributed by atoms with Crippen molar-refractivity contribution in [2.24, 2.45) is 0 Å². The van der Waals surface area contributed by atoms with E-state index < -0.39 is 17.5 Å². The highest BCUT2D eigenvalue weighted by atomic mass is 79.9. The van der Waals surface area contributed by atoms with Gasteiger partial charge in [0.1, 0.15) is 0 Å². The van der Waals surface area contributed by atoms with Crippen LogP contribution in [0.25, 0.3) is 0 Å². The minimum Gasteiger partial charge on any atom is -0.316 e. The van der Waals surface area contributed by atoms with Gasteiger partial charge in [0.2, 0.25) is 0 Å². The van der Waals surface area contributed by atoms with Gasteiger partial charge in [-0.15, -0.1) is 0 Å². The maximum Gasteiger partial charge on any atom is 0.195 e. The lowest BCUT2D eigenvalue weighted by Gasteiger charge is -2.05. The van der Waals surface area contributed by atoms with Crippen molar-refractivity contribution in [1.29, 1.82) is 0 Å². The standard InChI is InChI=1S/C8H7BrF3N/c1-13-3-4-2-5(9)7(11)8(12)6(4)10/h2,13H,3H2,1H3. The Morgan fingerprint density at radius 1 is 1.23 bits per heavy atom. The first-order valence-corrected chi connectivity index (χ1v) is 4.33. The molecule has 13 heavy (non-hydrogen) atoms. The molecule has 0 radical (unpaired) electrons. The van der Waals surface area contributed by atoms with Gasteiger partial charge in [0.25, 0.3) is 0 Å². The summed E-state index contributed by atoms with van der Waals surface area (Å²) < 4.78 is 38.4. The molecule has 5 heteroatoms. The number of rotatable bonds is 2. The molecule has 0 saturated carbocycles. The number of hydrogen-bond acceptors (Lipinski definition) is 1. The van der Waals surface area contributed by atoms with Crippen LogP contribution in [0.3, 0.4) is 0 Å². The van der Waals surface area contributed by atoms with Gasteiger partial charge >= 0.3 is 0 Å². The predicted octanol–water partition coefficient (Wildman–Crippen LogP) is 2.59. The Morgan fingerprint density at radius 3 is 2.38 bits per heavy atom. The van der Waals surface area contributed by atoms with E-state index in [4.69, 9.17) is 0 Å². The Bertz CT molecular complexity index is 328. The van der Waals surface area contributed by atoms with Gasteiger partial charge in [0, 0.05) is 12.1 Å². The predicted molar refractivity (Wildman–Crippen MR) is 46.8 cm³/mol. The van der Waals surface area contributed by atoms with Crippen molar-refractivity contribution in [2.45, 2.75) is 6.54 Å². The third-order valence-electron chi connectivity index (χ3n) is 1.55. The van der Waals surface area contributed by atoms with E-state index in [1.54, 1.807) is 7.05 Å². The third-order valence-corrected chi connectivity index (χ3v) is 2.12. The van der Waals surface area contributed by atoms with Crippen LogP contribution in [0.2, 0.25) is 0 Å². The molecule has 0 aliphatic rings. The smallest absolute Gasteiger partial charge is 0.195 e. The van der Waals surface area contributed by atoms with Crippen molar-refractivity contribution in [1.82, 2.24) is 5.32 Å². The SMILES string of the molecule is CNCc1cc(Br)c(F)c(F)c1F. The summed E-state index contributed by atoms with van der Waals surface area (Å²) in [4.78, 5) is 0. The lowest BCUT2D eigenvalue weighted by molar-refractivity contribution is 0.436. The fourth-order valence-corrected chi connectivity index (χ4v) is 1.39. The molecule has 0 amide bonds. The summed E-state index contributed by atoms with van der Waals surface area (Å²) in [6.07, 6.45) is 0. The van der Waals surface area contributed by atoms with Crippen LogP contribution < -0.4 is 5.32 Å². The molecule has 0 aromatic heterocycles. The minimum absolute atomic E-state index is 0.0725. The third kappa shape index (κ3) is 2.03. The lowest BCUT2D eigenvalue weighted by atomic mass is 10.2. The maximum atomic E-state index is 13.0. The van der Waals surface area contributed by atoms with Gasteiger partial charge in [-0.1, -0.05) is 0 Å². The molecule has 0 spiro atoms. The average Bonchev–Trinajstić information content (AvgIpc) is 2.11. The largest absolute Gasteiger partial charge is 0.316 e. The molecule has 0 fully saturated rings. The van der Waals surface area contributed by atoms with Crippen LogP contribution in [0, 0.1) is 17.5 Å². The highest BCUT2D eigenvalue weighted by Crippen LogP contribution is 2.23. The number of nitrogens with one attached hydrogen (secondary N) is 1. The van der Waals surface area contributed by atoms with Crippen molar-refractivity contribution >= 4 is 15.9 Å². The van der Waals surface area contributed by atoms with Gasteiger partial charge in [-0.2, -0.15) is 0 Å². The van der Waals surface area contributed by atoms with Crippen LogP contribution in [0.5, 0.6) is 0 Å². The lowest BCUT2D eigenvalue weighted by Crippen LogP contribution is -2.09. The Hall–Kier alpha value is -0.550. The van der Waals surface area contributed by atoms with E-state index in [1.165, 1.54) is 6.07 Å². The van der Waals surface area contributed by atoms with E-state index in [9.17, 15) is 13.2 Å². The minimum atomic E-state index is -1.44. The van der Waals surface area contributed by atoms with Crippen LogP contribution >= 0.6 is 15.9 Å². The number of benzene rings is 1. The quantitative estimate of drug-likeness (QED) is 0.631. The molecule has 1 aromatic rings. The molecule has 0 aliphatic heterocycles. The first-order valence-electron chi connectivity index (χ1n) is 3.54. The molecule has 0 heterocycles. The zero-order chi connectivity index (χ0) is 10.0. The van der Waals surface area contributed by atoms with E-state index >= 15 is 0 Å². The normalized spacial score (nSPS) is 10.5. The Labute approximate surface area is 82.1 Å². The first kappa shape index (κ1) is 10.5. The van der Waals surface area contributed by atoms with E-state index in [2.05, 4.69) is 21.2 Å². The topological polar surface area (TPSA) is 12.0 Å². The molecule has 72 valence electrons. The van der Waals surface area contributed by atoms with Gasteiger partial charge in [-0.05, 0) is 29.0 Å². The molecule has 0 atom stereocenters. The zero-order valence-corrected chi connectivity index (χ0v) is 8.38. The molecule has 1 N–H and O–H groups in total. The maximum absolute atomic E-state index is 13.0. The van der Waals surface area contributed by atoms with E-state index in [0.29, 0.717) is 0 Å². The van der Waals surface area contributed by atoms with Crippen LogP contribution in [-0.2, 0) is 6.54 Å². The molecule has 0 bridgehead atoms. The van der Waals surface area contributed by atoms with Gasteiger partial charge < -0.3 is 5.32 Å². The Kier molecular flexibility index (Phi) is 3.33. The van der Waals surface area contributed by atoms with Gasteiger partial charge in [-0.25, -0.2) is 13.2 Å². The van der Waals surface area contributed by atoms with Crippen molar-refractivity contribution in [3.8, 4) is 0 Å². The van der Waals surface area contributed by atoms with Crippen LogP contribution in [0.1, 0.15) is 5.56 Å². The van der Waals surface area contributed by atoms with Crippen molar-refractivity contribution in [3.05, 3.63) is 33.6 Å². The van der Waals surface area contributed by atoms with E-state index in [-0.39, 0.29) is 16.6 Å². The highest BCUT2D eigenvalue weighted by molar-refractivity contribution is 9.10. The van der Waals surface area contributed by atoms with Crippen molar-refractivity contribution < 1.29 is 13.2 Å². The molecular formula is C8H7BrF3N. The van der Waals surface area contributed by atoms with Crippen molar-refractivity contribution in [2.75, 3.05) is 7.05 Å². The molecule has 1 rings (SSSR count). The van der Waals surface area contributed by atoms with Crippen molar-refractivity contribution in [3.63, 3.8) is 0 Å². The molecular weight excluding hydrogens is 247 g/mol. The highest BCUT2D eigenvalue weighted by Gasteiger charge is 2.16. The molecule has 1 nitrogen and oxygen atoms in total. The number of halogens is 4. The second-order valence-electron chi connectivity index (χ2n) is 2.49. The van der Waals surface area contributed by atoms with Crippen LogP contribution in [0.4, 0.5) is 13.2 Å². The zero-order valence-electron chi connectivity index (χ0n) is 6.80. The Balaban J connectivity index is 3.24. The van der Waals surface area contributed by atoms with Crippen LogP contribution in [-0.4, -0.2) is 7.05 Å². The summed E-state index contributed by atoms with van der Waals surface area (Å²) in [6.45, 7) is 0.154. The van der Waals surface area contributed by atoms with Gasteiger partial charge in [0.15, 0.2) is 17.5 Å². The second-order valence-corrected chi connectivity index (χ2v) is 3.34. The fourth-order valence-electron chi connectivity index (χ4n) is 0.941. The van der Waals surface area contributed by atoms with Gasteiger partial charge in [0.05, 0.1) is 4.47 Å². The first-order chi connectivity index (χ1) is 6.07. The summed E-state index contributed by atoms with van der Waals surface area (Å²) in [7, 11) is 1.59. The monoisotopic (exact) mass is 253 g/mol. The number of hydrogen-bond donors (Lipinski definition) is 1. The Morgan fingerprint density at radius 2 is 1.85 bits per heavy atom. The molecule has 0 aliphatic carbocycles. The molecule has 0 unspecified atom stereocenters. The summed E-state index contributed by atoms with van der Waals surface area (Å²) in [5.41, 5.74) is 0.0910. The molecule has 0 saturated heterocycles. The summed E-state index contributed by atoms with van der Waals surface area (Å²) >= 11 is 2.79. The molecule has 1 aromatic carbocycles.